The summed E-state index contributed by atoms with van der Waals surface area (Å²) in [6, 6.07) is 7.36. The number of benzene rings is 2. The molecule has 1 amide bonds. The third-order valence-corrected chi connectivity index (χ3v) is 6.16. The number of rotatable bonds is 7. The van der Waals surface area contributed by atoms with Gasteiger partial charge in [-0.1, -0.05) is 12.8 Å². The number of aromatic hydroxyl groups is 1. The Kier molecular flexibility index (Phi) is 7.00. The third kappa shape index (κ3) is 5.93. The largest absolute Gasteiger partial charge is 0.508 e. The van der Waals surface area contributed by atoms with Crippen LogP contribution < -0.4 is 20.1 Å². The number of hydrogen-bond donors (Lipinski definition) is 3. The standard InChI is InChI=1S/C25H28F2N2O6/c1-25(26,27)35-16-7-8-21-19(11-16)28-13-22(34-21)24(32)29-18-12-20(30)17(14-5-3-4-6-14)9-15(18)10-23(31)33-2/h7-9,11-12,14,22,28,30H,3-6,10,13H2,1-2H3,(H,29,32). The van der Waals surface area contributed by atoms with Gasteiger partial charge in [-0.2, -0.15) is 8.78 Å². The van der Waals surface area contributed by atoms with Gasteiger partial charge in [0.25, 0.3) is 5.91 Å². The summed E-state index contributed by atoms with van der Waals surface area (Å²) in [6.07, 6.45) is -0.254. The number of alkyl halides is 2. The Morgan fingerprint density at radius 1 is 1.23 bits per heavy atom. The zero-order valence-electron chi connectivity index (χ0n) is 19.5. The third-order valence-electron chi connectivity index (χ3n) is 6.16. The van der Waals surface area contributed by atoms with Gasteiger partial charge in [-0.3, -0.25) is 9.59 Å². The lowest BCUT2D eigenvalue weighted by Crippen LogP contribution is -2.41. The van der Waals surface area contributed by atoms with Gasteiger partial charge >= 0.3 is 12.1 Å². The molecule has 1 unspecified atom stereocenters. The van der Waals surface area contributed by atoms with Crippen molar-refractivity contribution in [2.75, 3.05) is 24.3 Å². The number of esters is 1. The average molecular weight is 491 g/mol. The maximum absolute atomic E-state index is 13.1. The van der Waals surface area contributed by atoms with Crippen molar-refractivity contribution in [3.05, 3.63) is 41.5 Å². The smallest absolute Gasteiger partial charge is 0.394 e. The van der Waals surface area contributed by atoms with E-state index in [0.717, 1.165) is 31.2 Å². The Hall–Kier alpha value is -3.56. The molecule has 35 heavy (non-hydrogen) atoms. The van der Waals surface area contributed by atoms with Gasteiger partial charge in [-0.15, -0.1) is 0 Å². The summed E-state index contributed by atoms with van der Waals surface area (Å²) in [5.74, 6) is -0.432. The monoisotopic (exact) mass is 490 g/mol. The minimum Gasteiger partial charge on any atom is -0.508 e. The number of ether oxygens (including phenoxy) is 3. The Morgan fingerprint density at radius 2 is 1.97 bits per heavy atom. The summed E-state index contributed by atoms with van der Waals surface area (Å²) in [4.78, 5) is 25.0. The van der Waals surface area contributed by atoms with Gasteiger partial charge in [-0.05, 0) is 48.1 Å². The number of carbonyl (C=O) groups is 2. The Balaban J connectivity index is 1.51. The van der Waals surface area contributed by atoms with E-state index in [9.17, 15) is 23.5 Å². The number of nitrogens with one attached hydrogen (secondary N) is 2. The molecule has 1 aliphatic heterocycles. The first-order valence-corrected chi connectivity index (χ1v) is 11.5. The van der Waals surface area contributed by atoms with Crippen LogP contribution >= 0.6 is 0 Å². The molecule has 4 rings (SSSR count). The quantitative estimate of drug-likeness (QED) is 0.488. The fourth-order valence-corrected chi connectivity index (χ4v) is 4.48. The maximum atomic E-state index is 13.1. The van der Waals surface area contributed by atoms with Crippen LogP contribution in [0.4, 0.5) is 20.2 Å². The molecule has 0 radical (unpaired) electrons. The average Bonchev–Trinajstić information content (AvgIpc) is 3.33. The summed E-state index contributed by atoms with van der Waals surface area (Å²) >= 11 is 0. The number of amides is 1. The zero-order chi connectivity index (χ0) is 25.2. The highest BCUT2D eigenvalue weighted by atomic mass is 19.3. The molecule has 1 saturated carbocycles. The number of phenols is 1. The number of fused-ring (bicyclic) bond motifs is 1. The predicted molar refractivity (Wildman–Crippen MR) is 124 cm³/mol. The Bertz CT molecular complexity index is 1110. The normalized spacial score (nSPS) is 17.7. The molecular formula is C25H28F2N2O6. The van der Waals surface area contributed by atoms with E-state index in [1.54, 1.807) is 6.07 Å². The van der Waals surface area contributed by atoms with Crippen LogP contribution in [-0.2, 0) is 20.7 Å². The summed E-state index contributed by atoms with van der Waals surface area (Å²) < 4.78 is 41.4. The lowest BCUT2D eigenvalue weighted by atomic mass is 9.93. The molecule has 1 heterocycles. The van der Waals surface area contributed by atoms with E-state index in [2.05, 4.69) is 15.4 Å². The summed E-state index contributed by atoms with van der Waals surface area (Å²) in [6.45, 7) is 0.715. The molecule has 0 saturated heterocycles. The SMILES string of the molecule is COC(=O)Cc1cc(C2CCCC2)c(O)cc1NC(=O)C1CNc2cc(OC(C)(F)F)ccc2O1. The molecular weight excluding hydrogens is 462 g/mol. The molecule has 0 bridgehead atoms. The lowest BCUT2D eigenvalue weighted by Gasteiger charge is -2.27. The zero-order valence-corrected chi connectivity index (χ0v) is 19.5. The second kappa shape index (κ2) is 9.97. The van der Waals surface area contributed by atoms with Crippen LogP contribution in [0.5, 0.6) is 17.2 Å². The fraction of sp³-hybridized carbons (Fsp3) is 0.440. The van der Waals surface area contributed by atoms with Crippen LogP contribution in [0.2, 0.25) is 0 Å². The van der Waals surface area contributed by atoms with Crippen LogP contribution in [-0.4, -0.2) is 42.9 Å². The maximum Gasteiger partial charge on any atom is 0.394 e. The van der Waals surface area contributed by atoms with Crippen LogP contribution in [0.3, 0.4) is 0 Å². The molecule has 8 nitrogen and oxygen atoms in total. The Morgan fingerprint density at radius 3 is 2.66 bits per heavy atom. The molecule has 0 aromatic heterocycles. The van der Waals surface area contributed by atoms with Crippen molar-refractivity contribution in [1.29, 1.82) is 0 Å². The summed E-state index contributed by atoms with van der Waals surface area (Å²) in [7, 11) is 1.29. The van der Waals surface area contributed by atoms with Crippen LogP contribution in [0.1, 0.15) is 49.7 Å². The van der Waals surface area contributed by atoms with E-state index >= 15 is 0 Å². The molecule has 1 atom stereocenters. The molecule has 0 spiro atoms. The van der Waals surface area contributed by atoms with E-state index < -0.39 is 24.1 Å². The number of methoxy groups -OCH3 is 1. The number of carbonyl (C=O) groups excluding carboxylic acids is 2. The molecule has 2 aromatic rings. The first-order chi connectivity index (χ1) is 16.6. The number of anilines is 2. The highest BCUT2D eigenvalue weighted by Gasteiger charge is 2.29. The van der Waals surface area contributed by atoms with Crippen molar-refractivity contribution in [1.82, 2.24) is 0 Å². The molecule has 10 heteroatoms. The minimum atomic E-state index is -3.33. The molecule has 188 valence electrons. The highest BCUT2D eigenvalue weighted by Crippen LogP contribution is 2.41. The first-order valence-electron chi connectivity index (χ1n) is 11.5. The molecule has 3 N–H and O–H groups in total. The van der Waals surface area contributed by atoms with E-state index in [1.807, 2.05) is 0 Å². The molecule has 1 aliphatic carbocycles. The van der Waals surface area contributed by atoms with Crippen molar-refractivity contribution in [2.24, 2.45) is 0 Å². The van der Waals surface area contributed by atoms with Gasteiger partial charge < -0.3 is 30.0 Å². The Labute approximate surface area is 201 Å². The lowest BCUT2D eigenvalue weighted by molar-refractivity contribution is -0.159. The van der Waals surface area contributed by atoms with E-state index in [4.69, 9.17) is 9.47 Å². The second-order valence-electron chi connectivity index (χ2n) is 8.85. The van der Waals surface area contributed by atoms with E-state index in [1.165, 1.54) is 31.4 Å². The van der Waals surface area contributed by atoms with E-state index in [-0.39, 0.29) is 30.4 Å². The van der Waals surface area contributed by atoms with Crippen molar-refractivity contribution >= 4 is 23.3 Å². The van der Waals surface area contributed by atoms with Gasteiger partial charge in [0.15, 0.2) is 6.10 Å². The number of halogens is 2. The topological polar surface area (TPSA) is 106 Å². The highest BCUT2D eigenvalue weighted by molar-refractivity contribution is 5.97. The summed E-state index contributed by atoms with van der Waals surface area (Å²) in [5.41, 5.74) is 2.01. The summed E-state index contributed by atoms with van der Waals surface area (Å²) in [5, 5.41) is 16.4. The van der Waals surface area contributed by atoms with Gasteiger partial charge in [0.1, 0.15) is 17.2 Å². The predicted octanol–water partition coefficient (Wildman–Crippen LogP) is 4.57. The van der Waals surface area contributed by atoms with Gasteiger partial charge in [-0.25, -0.2) is 0 Å². The molecule has 1 fully saturated rings. The number of hydrogen-bond acceptors (Lipinski definition) is 7. The van der Waals surface area contributed by atoms with Crippen LogP contribution in [0, 0.1) is 0 Å². The van der Waals surface area contributed by atoms with Crippen LogP contribution in [0.15, 0.2) is 30.3 Å². The van der Waals surface area contributed by atoms with Gasteiger partial charge in [0, 0.05) is 24.7 Å². The van der Waals surface area contributed by atoms with Crippen molar-refractivity contribution in [3.8, 4) is 17.2 Å². The minimum absolute atomic E-state index is 0.0412. The molecule has 2 aromatic carbocycles. The van der Waals surface area contributed by atoms with Crippen molar-refractivity contribution < 1.29 is 37.7 Å². The second-order valence-corrected chi connectivity index (χ2v) is 8.85. The molecule has 2 aliphatic rings. The van der Waals surface area contributed by atoms with E-state index in [0.29, 0.717) is 29.6 Å². The van der Waals surface area contributed by atoms with Gasteiger partial charge in [0.05, 0.1) is 25.8 Å². The van der Waals surface area contributed by atoms with Crippen molar-refractivity contribution in [2.45, 2.75) is 57.2 Å². The van der Waals surface area contributed by atoms with Crippen molar-refractivity contribution in [3.63, 3.8) is 0 Å². The fourth-order valence-electron chi connectivity index (χ4n) is 4.48. The number of phenolic OH excluding ortho intramolecular Hbond substituents is 1. The van der Waals surface area contributed by atoms with Crippen LogP contribution in [0.25, 0.3) is 0 Å². The van der Waals surface area contributed by atoms with Gasteiger partial charge in [0.2, 0.25) is 0 Å². The first kappa shape index (κ1) is 24.6.